The molecule has 0 aliphatic heterocycles. The monoisotopic (exact) mass is 405 g/mol. The maximum Gasteiger partial charge on any atom is 0.412 e. The molecule has 0 unspecified atom stereocenters. The molecule has 0 bridgehead atoms. The van der Waals surface area contributed by atoms with Crippen molar-refractivity contribution in [1.82, 2.24) is 0 Å². The van der Waals surface area contributed by atoms with Gasteiger partial charge in [0.2, 0.25) is 0 Å². The van der Waals surface area contributed by atoms with Gasteiger partial charge in [-0.25, -0.2) is 9.59 Å². The van der Waals surface area contributed by atoms with E-state index in [-0.39, 0.29) is 5.75 Å². The van der Waals surface area contributed by atoms with Crippen LogP contribution in [0, 0.1) is 0 Å². The van der Waals surface area contributed by atoms with Crippen LogP contribution in [0.25, 0.3) is 10.8 Å². The summed E-state index contributed by atoms with van der Waals surface area (Å²) in [5, 5.41) is 22.9. The minimum atomic E-state index is -0.990. The molecule has 6 heteroatoms. The number of carbonyl (C=O) groups is 2. The topological polar surface area (TPSA) is 95.9 Å². The lowest BCUT2D eigenvalue weighted by Gasteiger charge is -2.19. The number of rotatable bonds is 8. The largest absolute Gasteiger partial charge is 0.508 e. The minimum absolute atomic E-state index is 0.127. The number of aromatic hydroxyl groups is 1. The summed E-state index contributed by atoms with van der Waals surface area (Å²) < 4.78 is 5.68. The average molecular weight is 405 g/mol. The molecule has 6 nitrogen and oxygen atoms in total. The van der Waals surface area contributed by atoms with Gasteiger partial charge in [0.1, 0.15) is 11.9 Å². The van der Waals surface area contributed by atoms with Crippen LogP contribution >= 0.6 is 0 Å². The van der Waals surface area contributed by atoms with Crippen molar-refractivity contribution in [2.45, 2.75) is 25.4 Å². The summed E-state index contributed by atoms with van der Waals surface area (Å²) in [6.45, 7) is 0. The predicted octanol–water partition coefficient (Wildman–Crippen LogP) is 5.65. The predicted molar refractivity (Wildman–Crippen MR) is 116 cm³/mol. The van der Waals surface area contributed by atoms with Crippen molar-refractivity contribution in [3.05, 3.63) is 84.4 Å². The highest BCUT2D eigenvalue weighted by atomic mass is 16.6. The number of hydrogen-bond acceptors (Lipinski definition) is 4. The van der Waals surface area contributed by atoms with Crippen molar-refractivity contribution in [3.8, 4) is 5.75 Å². The number of amides is 1. The molecule has 154 valence electrons. The van der Waals surface area contributed by atoms with Gasteiger partial charge in [-0.3, -0.25) is 5.32 Å². The average Bonchev–Trinajstić information content (AvgIpc) is 2.73. The first-order valence-corrected chi connectivity index (χ1v) is 9.67. The minimum Gasteiger partial charge on any atom is -0.508 e. The van der Waals surface area contributed by atoms with Crippen LogP contribution in [0.2, 0.25) is 0 Å². The summed E-state index contributed by atoms with van der Waals surface area (Å²) in [6, 6.07) is 19.9. The molecule has 0 saturated carbocycles. The van der Waals surface area contributed by atoms with Crippen LogP contribution in [-0.4, -0.2) is 22.3 Å². The van der Waals surface area contributed by atoms with E-state index in [1.54, 1.807) is 30.3 Å². The molecule has 0 spiro atoms. The van der Waals surface area contributed by atoms with E-state index in [2.05, 4.69) is 5.32 Å². The highest BCUT2D eigenvalue weighted by Crippen LogP contribution is 2.27. The Morgan fingerprint density at radius 3 is 2.50 bits per heavy atom. The van der Waals surface area contributed by atoms with Crippen molar-refractivity contribution in [2.75, 3.05) is 5.32 Å². The highest BCUT2D eigenvalue weighted by molar-refractivity contribution is 6.00. The Balaban J connectivity index is 1.70. The van der Waals surface area contributed by atoms with Crippen LogP contribution in [0.3, 0.4) is 0 Å². The van der Waals surface area contributed by atoms with Gasteiger partial charge in [0.25, 0.3) is 0 Å². The molecule has 0 aliphatic carbocycles. The molecule has 3 N–H and O–H groups in total. The number of carboxylic acids is 1. The van der Waals surface area contributed by atoms with E-state index in [0.717, 1.165) is 22.4 Å². The second kappa shape index (κ2) is 10.1. The van der Waals surface area contributed by atoms with Gasteiger partial charge in [0.05, 0.1) is 5.69 Å². The summed E-state index contributed by atoms with van der Waals surface area (Å²) in [4.78, 5) is 23.2. The molecular formula is C24H23NO5. The summed E-state index contributed by atoms with van der Waals surface area (Å²) in [5.41, 5.74) is 1.41. The lowest BCUT2D eigenvalue weighted by Crippen LogP contribution is -2.18. The highest BCUT2D eigenvalue weighted by Gasteiger charge is 2.17. The SMILES string of the molecule is O=C(O)/C=C/CCC[C@@H](OC(=O)Nc1cccc2ccccc12)c1ccc(O)cc1. The van der Waals surface area contributed by atoms with Crippen molar-refractivity contribution in [1.29, 1.82) is 0 Å². The maximum atomic E-state index is 12.6. The number of hydrogen-bond donors (Lipinski definition) is 3. The van der Waals surface area contributed by atoms with E-state index in [1.165, 1.54) is 0 Å². The number of aliphatic carboxylic acids is 1. The third kappa shape index (κ3) is 5.85. The molecule has 1 atom stereocenters. The Morgan fingerprint density at radius 1 is 1.00 bits per heavy atom. The molecule has 3 aromatic rings. The molecular weight excluding hydrogens is 382 g/mol. The van der Waals surface area contributed by atoms with E-state index in [4.69, 9.17) is 9.84 Å². The van der Waals surface area contributed by atoms with Crippen molar-refractivity contribution < 1.29 is 24.5 Å². The van der Waals surface area contributed by atoms with E-state index in [0.29, 0.717) is 24.9 Å². The van der Waals surface area contributed by atoms with Crippen LogP contribution < -0.4 is 5.32 Å². The first kappa shape index (κ1) is 20.9. The number of allylic oxidation sites excluding steroid dienone is 1. The zero-order chi connectivity index (χ0) is 21.3. The summed E-state index contributed by atoms with van der Waals surface area (Å²) in [5.74, 6) is -0.863. The molecule has 30 heavy (non-hydrogen) atoms. The van der Waals surface area contributed by atoms with Crippen molar-refractivity contribution in [3.63, 3.8) is 0 Å². The molecule has 0 aromatic heterocycles. The number of carbonyl (C=O) groups excluding carboxylic acids is 1. The van der Waals surface area contributed by atoms with E-state index >= 15 is 0 Å². The molecule has 1 amide bonds. The first-order valence-electron chi connectivity index (χ1n) is 9.67. The summed E-state index contributed by atoms with van der Waals surface area (Å²) >= 11 is 0. The number of anilines is 1. The van der Waals surface area contributed by atoms with Gasteiger partial charge < -0.3 is 14.9 Å². The van der Waals surface area contributed by atoms with E-state index in [1.807, 2.05) is 42.5 Å². The number of phenolic OH excluding ortho intramolecular Hbond substituents is 1. The van der Waals surface area contributed by atoms with Gasteiger partial charge >= 0.3 is 12.1 Å². The summed E-state index contributed by atoms with van der Waals surface area (Å²) in [7, 11) is 0. The number of nitrogens with one attached hydrogen (secondary N) is 1. The molecule has 0 radical (unpaired) electrons. The Labute approximate surface area is 174 Å². The van der Waals surface area contributed by atoms with Crippen molar-refractivity contribution >= 4 is 28.5 Å². The van der Waals surface area contributed by atoms with Gasteiger partial charge in [-0.05, 0) is 48.4 Å². The third-order valence-electron chi connectivity index (χ3n) is 4.64. The van der Waals surface area contributed by atoms with Crippen LogP contribution in [0.1, 0.15) is 30.9 Å². The molecule has 3 aromatic carbocycles. The van der Waals surface area contributed by atoms with Crippen LogP contribution in [0.5, 0.6) is 5.75 Å². The quantitative estimate of drug-likeness (QED) is 0.333. The molecule has 0 heterocycles. The number of ether oxygens (including phenoxy) is 1. The lowest BCUT2D eigenvalue weighted by atomic mass is 10.0. The Morgan fingerprint density at radius 2 is 1.73 bits per heavy atom. The fraction of sp³-hybridized carbons (Fsp3) is 0.167. The number of benzene rings is 3. The number of unbranched alkanes of at least 4 members (excludes halogenated alkanes) is 1. The van der Waals surface area contributed by atoms with E-state index < -0.39 is 18.2 Å². The molecule has 0 saturated heterocycles. The maximum absolute atomic E-state index is 12.6. The van der Waals surface area contributed by atoms with Crippen LogP contribution in [0.15, 0.2) is 78.9 Å². The second-order valence-corrected chi connectivity index (χ2v) is 6.81. The second-order valence-electron chi connectivity index (χ2n) is 6.81. The molecule has 0 aliphatic rings. The van der Waals surface area contributed by atoms with Crippen LogP contribution in [0.4, 0.5) is 10.5 Å². The number of fused-ring (bicyclic) bond motifs is 1. The Bertz CT molecular complexity index is 1040. The third-order valence-corrected chi connectivity index (χ3v) is 4.64. The van der Waals surface area contributed by atoms with Gasteiger partial charge in [-0.2, -0.15) is 0 Å². The van der Waals surface area contributed by atoms with Crippen molar-refractivity contribution in [2.24, 2.45) is 0 Å². The van der Waals surface area contributed by atoms with E-state index in [9.17, 15) is 14.7 Å². The Hall–Kier alpha value is -3.80. The Kier molecular flexibility index (Phi) is 7.05. The lowest BCUT2D eigenvalue weighted by molar-refractivity contribution is -0.131. The fourth-order valence-corrected chi connectivity index (χ4v) is 3.19. The first-order chi connectivity index (χ1) is 14.5. The van der Waals surface area contributed by atoms with Gasteiger partial charge in [-0.1, -0.05) is 54.6 Å². The number of carboxylic acid groups (broad SMARTS) is 1. The zero-order valence-corrected chi connectivity index (χ0v) is 16.3. The number of phenols is 1. The standard InChI is InChI=1S/C24H23NO5/c26-19-15-13-18(14-16-19)22(11-2-1-3-12-23(27)28)30-24(29)25-21-10-6-8-17-7-4-5-9-20(17)21/h3-10,12-16,22,26H,1-2,11H2,(H,25,29)(H,27,28)/b12-3+/t22-/m1/s1. The summed E-state index contributed by atoms with van der Waals surface area (Å²) in [6.07, 6.45) is 3.27. The molecule has 3 rings (SSSR count). The fourth-order valence-electron chi connectivity index (χ4n) is 3.19. The van der Waals surface area contributed by atoms with Gasteiger partial charge in [-0.15, -0.1) is 0 Å². The molecule has 0 fully saturated rings. The van der Waals surface area contributed by atoms with Gasteiger partial charge in [0.15, 0.2) is 0 Å². The normalized spacial score (nSPS) is 12.0. The smallest absolute Gasteiger partial charge is 0.412 e. The zero-order valence-electron chi connectivity index (χ0n) is 16.3. The van der Waals surface area contributed by atoms with Gasteiger partial charge in [0, 0.05) is 11.5 Å². The van der Waals surface area contributed by atoms with Crippen LogP contribution in [-0.2, 0) is 9.53 Å².